The zero-order chi connectivity index (χ0) is 19.6. The summed E-state index contributed by atoms with van der Waals surface area (Å²) in [6.07, 6.45) is 0. The van der Waals surface area contributed by atoms with Gasteiger partial charge in [0.25, 0.3) is 0 Å². The molecule has 7 heteroatoms. The zero-order valence-electron chi connectivity index (χ0n) is 15.8. The minimum atomic E-state index is -0.217. The van der Waals surface area contributed by atoms with Gasteiger partial charge in [0.05, 0.1) is 19.3 Å². The van der Waals surface area contributed by atoms with Gasteiger partial charge in [0.1, 0.15) is 5.82 Å². The minimum Gasteiger partial charge on any atom is -0.379 e. The summed E-state index contributed by atoms with van der Waals surface area (Å²) in [5.74, 6) is 0.724. The van der Waals surface area contributed by atoms with E-state index in [2.05, 4.69) is 27.7 Å². The Kier molecular flexibility index (Phi) is 8.54. The third kappa shape index (κ3) is 6.74. The van der Waals surface area contributed by atoms with Crippen molar-refractivity contribution in [3.8, 4) is 0 Å². The van der Waals surface area contributed by atoms with Gasteiger partial charge in [-0.25, -0.2) is 4.39 Å². The summed E-state index contributed by atoms with van der Waals surface area (Å²) in [7, 11) is 0. The molecular formula is C21H26FN3OS2. The van der Waals surface area contributed by atoms with Gasteiger partial charge in [0, 0.05) is 36.8 Å². The summed E-state index contributed by atoms with van der Waals surface area (Å²) in [6.45, 7) is 4.62. The van der Waals surface area contributed by atoms with E-state index in [1.807, 2.05) is 30.3 Å². The van der Waals surface area contributed by atoms with E-state index in [1.54, 1.807) is 11.8 Å². The predicted octanol–water partition coefficient (Wildman–Crippen LogP) is 3.46. The third-order valence-electron chi connectivity index (χ3n) is 4.60. The van der Waals surface area contributed by atoms with Crippen LogP contribution >= 0.6 is 24.0 Å². The molecule has 0 aromatic heterocycles. The maximum Gasteiger partial charge on any atom is 0.166 e. The SMILES string of the molecule is Fc1ccc(C(CNC(=S)NCCSc2ccccc2)N2CCOCC2)cc1. The van der Waals surface area contributed by atoms with Gasteiger partial charge in [0.2, 0.25) is 0 Å². The molecule has 1 heterocycles. The molecule has 1 fully saturated rings. The first-order valence-electron chi connectivity index (χ1n) is 9.49. The fourth-order valence-electron chi connectivity index (χ4n) is 3.13. The molecule has 1 saturated heterocycles. The second kappa shape index (κ2) is 11.4. The molecule has 0 bridgehead atoms. The zero-order valence-corrected chi connectivity index (χ0v) is 17.4. The van der Waals surface area contributed by atoms with E-state index < -0.39 is 0 Å². The van der Waals surface area contributed by atoms with Crippen LogP contribution in [0.3, 0.4) is 0 Å². The Morgan fingerprint density at radius 2 is 1.79 bits per heavy atom. The number of thioether (sulfide) groups is 1. The number of hydrogen-bond donors (Lipinski definition) is 2. The molecule has 28 heavy (non-hydrogen) atoms. The highest BCUT2D eigenvalue weighted by Crippen LogP contribution is 2.21. The summed E-state index contributed by atoms with van der Waals surface area (Å²) >= 11 is 7.24. The highest BCUT2D eigenvalue weighted by atomic mass is 32.2. The molecule has 3 rings (SSSR count). The maximum absolute atomic E-state index is 13.3. The van der Waals surface area contributed by atoms with Gasteiger partial charge in [-0.1, -0.05) is 30.3 Å². The van der Waals surface area contributed by atoms with E-state index in [0.29, 0.717) is 11.7 Å². The Labute approximate surface area is 175 Å². The lowest BCUT2D eigenvalue weighted by Gasteiger charge is -2.35. The van der Waals surface area contributed by atoms with Crippen LogP contribution in [0.1, 0.15) is 11.6 Å². The van der Waals surface area contributed by atoms with Crippen molar-refractivity contribution >= 4 is 29.1 Å². The highest BCUT2D eigenvalue weighted by molar-refractivity contribution is 7.99. The van der Waals surface area contributed by atoms with Crippen molar-refractivity contribution in [2.45, 2.75) is 10.9 Å². The van der Waals surface area contributed by atoms with Gasteiger partial charge < -0.3 is 15.4 Å². The molecule has 4 nitrogen and oxygen atoms in total. The van der Waals surface area contributed by atoms with Crippen LogP contribution in [-0.2, 0) is 4.74 Å². The highest BCUT2D eigenvalue weighted by Gasteiger charge is 2.22. The lowest BCUT2D eigenvalue weighted by Crippen LogP contribution is -2.46. The summed E-state index contributed by atoms with van der Waals surface area (Å²) in [4.78, 5) is 3.62. The second-order valence-corrected chi connectivity index (χ2v) is 8.09. The van der Waals surface area contributed by atoms with Gasteiger partial charge in [0.15, 0.2) is 5.11 Å². The Balaban J connectivity index is 1.46. The molecule has 0 amide bonds. The number of thiocarbonyl (C=S) groups is 1. The number of hydrogen-bond acceptors (Lipinski definition) is 4. The van der Waals surface area contributed by atoms with E-state index in [4.69, 9.17) is 17.0 Å². The first kappa shape index (κ1) is 21.0. The average Bonchev–Trinajstić information content (AvgIpc) is 2.74. The van der Waals surface area contributed by atoms with Gasteiger partial charge in [-0.15, -0.1) is 11.8 Å². The maximum atomic E-state index is 13.3. The number of nitrogens with zero attached hydrogens (tertiary/aromatic N) is 1. The standard InChI is InChI=1S/C21H26FN3OS2/c22-18-8-6-17(7-9-18)20(25-11-13-26-14-12-25)16-24-21(27)23-10-15-28-19-4-2-1-3-5-19/h1-9,20H,10-16H2,(H2,23,24,27). The molecule has 2 aromatic rings. The van der Waals surface area contributed by atoms with Crippen molar-refractivity contribution in [3.05, 3.63) is 66.0 Å². The monoisotopic (exact) mass is 419 g/mol. The lowest BCUT2D eigenvalue weighted by atomic mass is 10.0. The Morgan fingerprint density at radius 1 is 1.07 bits per heavy atom. The first-order valence-corrected chi connectivity index (χ1v) is 10.9. The minimum absolute atomic E-state index is 0.128. The van der Waals surface area contributed by atoms with Crippen molar-refractivity contribution in [1.29, 1.82) is 0 Å². The normalized spacial score (nSPS) is 15.8. The van der Waals surface area contributed by atoms with E-state index in [1.165, 1.54) is 17.0 Å². The molecule has 0 saturated carbocycles. The van der Waals surface area contributed by atoms with Crippen LogP contribution in [0.5, 0.6) is 0 Å². The van der Waals surface area contributed by atoms with E-state index in [9.17, 15) is 4.39 Å². The average molecular weight is 420 g/mol. The van der Waals surface area contributed by atoms with Gasteiger partial charge in [-0.2, -0.15) is 0 Å². The largest absolute Gasteiger partial charge is 0.379 e. The quantitative estimate of drug-likeness (QED) is 0.388. The smallest absolute Gasteiger partial charge is 0.166 e. The van der Waals surface area contributed by atoms with Crippen LogP contribution in [0.25, 0.3) is 0 Å². The summed E-state index contributed by atoms with van der Waals surface area (Å²) < 4.78 is 18.8. The number of ether oxygens (including phenoxy) is 1. The summed E-state index contributed by atoms with van der Waals surface area (Å²) in [5.41, 5.74) is 1.08. The van der Waals surface area contributed by atoms with Crippen LogP contribution < -0.4 is 10.6 Å². The van der Waals surface area contributed by atoms with Crippen LogP contribution in [0.4, 0.5) is 4.39 Å². The molecule has 0 spiro atoms. The topological polar surface area (TPSA) is 36.5 Å². The van der Waals surface area contributed by atoms with Crippen LogP contribution in [0.2, 0.25) is 0 Å². The number of nitrogens with one attached hydrogen (secondary N) is 2. The lowest BCUT2D eigenvalue weighted by molar-refractivity contribution is 0.0170. The van der Waals surface area contributed by atoms with E-state index >= 15 is 0 Å². The van der Waals surface area contributed by atoms with Gasteiger partial charge >= 0.3 is 0 Å². The van der Waals surface area contributed by atoms with Crippen LogP contribution in [0, 0.1) is 5.82 Å². The van der Waals surface area contributed by atoms with Crippen LogP contribution in [-0.4, -0.2) is 55.2 Å². The summed E-state index contributed by atoms with van der Waals surface area (Å²) in [6, 6.07) is 17.2. The molecular weight excluding hydrogens is 393 g/mol. The number of halogens is 1. The van der Waals surface area contributed by atoms with E-state index in [0.717, 1.165) is 44.2 Å². The molecule has 0 radical (unpaired) electrons. The molecule has 1 unspecified atom stereocenters. The van der Waals surface area contributed by atoms with Crippen molar-refractivity contribution in [2.75, 3.05) is 45.1 Å². The van der Waals surface area contributed by atoms with Crippen molar-refractivity contribution < 1.29 is 9.13 Å². The molecule has 2 aromatic carbocycles. The molecule has 1 atom stereocenters. The molecule has 0 aliphatic carbocycles. The van der Waals surface area contributed by atoms with E-state index in [-0.39, 0.29) is 11.9 Å². The Morgan fingerprint density at radius 3 is 2.50 bits per heavy atom. The molecule has 1 aliphatic heterocycles. The molecule has 150 valence electrons. The molecule has 1 aliphatic rings. The second-order valence-electron chi connectivity index (χ2n) is 6.51. The number of benzene rings is 2. The summed E-state index contributed by atoms with van der Waals surface area (Å²) in [5, 5.41) is 7.24. The predicted molar refractivity (Wildman–Crippen MR) is 117 cm³/mol. The first-order chi connectivity index (χ1) is 13.7. The third-order valence-corrected chi connectivity index (χ3v) is 5.90. The Bertz CT molecular complexity index is 724. The number of morpholine rings is 1. The van der Waals surface area contributed by atoms with Crippen molar-refractivity contribution in [1.82, 2.24) is 15.5 Å². The van der Waals surface area contributed by atoms with Crippen molar-refractivity contribution in [3.63, 3.8) is 0 Å². The fraction of sp³-hybridized carbons (Fsp3) is 0.381. The van der Waals surface area contributed by atoms with Gasteiger partial charge in [-0.05, 0) is 42.0 Å². The number of rotatable bonds is 8. The Hall–Kier alpha value is -1.67. The van der Waals surface area contributed by atoms with Crippen molar-refractivity contribution in [2.24, 2.45) is 0 Å². The molecule has 2 N–H and O–H groups in total. The van der Waals surface area contributed by atoms with Gasteiger partial charge in [-0.3, -0.25) is 4.90 Å². The van der Waals surface area contributed by atoms with Crippen LogP contribution in [0.15, 0.2) is 59.5 Å². The fourth-order valence-corrected chi connectivity index (χ4v) is 4.11.